The van der Waals surface area contributed by atoms with Gasteiger partial charge in [-0.1, -0.05) is 152 Å². The molecule has 0 aliphatic heterocycles. The van der Waals surface area contributed by atoms with Crippen LogP contribution in [0.5, 0.6) is 0 Å². The van der Waals surface area contributed by atoms with E-state index in [4.69, 9.17) is 19.9 Å². The van der Waals surface area contributed by atoms with Crippen molar-refractivity contribution in [2.45, 2.75) is 5.41 Å². The van der Waals surface area contributed by atoms with E-state index in [-0.39, 0.29) is 0 Å². The lowest BCUT2D eigenvalue weighted by Crippen LogP contribution is -2.28. The third-order valence-electron chi connectivity index (χ3n) is 13.2. The number of pyridine rings is 4. The highest BCUT2D eigenvalue weighted by Crippen LogP contribution is 2.57. The predicted molar refractivity (Wildman–Crippen MR) is 259 cm³/mol. The molecular weight excluding hydrogens is 765 g/mol. The Balaban J connectivity index is 1.03. The highest BCUT2D eigenvalue weighted by molar-refractivity contribution is 6.16. The van der Waals surface area contributed by atoms with Crippen LogP contribution in [0, 0.1) is 0 Å². The summed E-state index contributed by atoms with van der Waals surface area (Å²) in [6.07, 6.45) is 5.58. The van der Waals surface area contributed by atoms with Gasteiger partial charge in [0.25, 0.3) is 0 Å². The summed E-state index contributed by atoms with van der Waals surface area (Å²) in [6, 6.07) is 72.5. The fourth-order valence-corrected chi connectivity index (χ4v) is 10.6. The molecular formula is C59H36N4. The van der Waals surface area contributed by atoms with Gasteiger partial charge < -0.3 is 0 Å². The van der Waals surface area contributed by atoms with Crippen LogP contribution >= 0.6 is 0 Å². The largest absolute Gasteiger partial charge is 0.256 e. The van der Waals surface area contributed by atoms with Crippen molar-refractivity contribution >= 4 is 54.4 Å². The Kier molecular flexibility index (Phi) is 7.79. The molecule has 0 atom stereocenters. The summed E-state index contributed by atoms with van der Waals surface area (Å²) in [4.78, 5) is 20.1. The van der Waals surface area contributed by atoms with E-state index in [0.29, 0.717) is 0 Å². The normalized spacial score (nSPS) is 12.9. The van der Waals surface area contributed by atoms with Crippen LogP contribution in [0.1, 0.15) is 22.3 Å². The predicted octanol–water partition coefficient (Wildman–Crippen LogP) is 14.4. The first-order valence-corrected chi connectivity index (χ1v) is 21.4. The number of fused-ring (bicyclic) bond motifs is 10. The molecule has 8 aromatic carbocycles. The van der Waals surface area contributed by atoms with Gasteiger partial charge in [0, 0.05) is 56.6 Å². The number of para-hydroxylation sites is 1. The smallest absolute Gasteiger partial charge is 0.0970 e. The summed E-state index contributed by atoms with van der Waals surface area (Å²) < 4.78 is 0. The second-order valence-electron chi connectivity index (χ2n) is 16.5. The number of hydrogen-bond donors (Lipinski definition) is 0. The maximum Gasteiger partial charge on any atom is 0.0970 e. The zero-order valence-corrected chi connectivity index (χ0v) is 34.1. The van der Waals surface area contributed by atoms with Gasteiger partial charge in [-0.2, -0.15) is 0 Å². The molecule has 63 heavy (non-hydrogen) atoms. The van der Waals surface area contributed by atoms with Crippen molar-refractivity contribution in [1.29, 1.82) is 0 Å². The van der Waals surface area contributed by atoms with Crippen LogP contribution in [0.4, 0.5) is 0 Å². The Bertz CT molecular complexity index is 3760. The number of aromatic nitrogens is 4. The van der Waals surface area contributed by atoms with E-state index < -0.39 is 5.41 Å². The van der Waals surface area contributed by atoms with E-state index in [1.807, 2.05) is 36.8 Å². The molecule has 4 heteroatoms. The number of benzene rings is 8. The van der Waals surface area contributed by atoms with Gasteiger partial charge in [-0.15, -0.1) is 0 Å². The standard InChI is InChI=1S/C59H36N4/c1-3-18-40(19-4-1)59(41-20-5-2-6-21-41)52-26-9-7-22-44(52)50-35-51-49(36-53(50)59)45-23-8-10-27-54(45)63-55(51)38-16-11-15-37(33-38)42-28-29-43(46-24-13-31-61-57(42)46)48-34-39-17-12-30-60-56(39)58-47(48)25-14-32-62-58/h1-36H. The summed E-state index contributed by atoms with van der Waals surface area (Å²) in [5, 5.41) is 6.66. The molecule has 4 nitrogen and oxygen atoms in total. The molecule has 292 valence electrons. The van der Waals surface area contributed by atoms with Gasteiger partial charge in [0.2, 0.25) is 0 Å². The second-order valence-corrected chi connectivity index (χ2v) is 16.5. The monoisotopic (exact) mass is 800 g/mol. The minimum Gasteiger partial charge on any atom is -0.256 e. The number of hydrogen-bond acceptors (Lipinski definition) is 4. The van der Waals surface area contributed by atoms with Gasteiger partial charge in [0.15, 0.2) is 0 Å². The molecule has 13 rings (SSSR count). The molecule has 0 bridgehead atoms. The molecule has 12 aromatic rings. The van der Waals surface area contributed by atoms with Gasteiger partial charge in [0.1, 0.15) is 0 Å². The van der Waals surface area contributed by atoms with Crippen molar-refractivity contribution in [1.82, 2.24) is 19.9 Å². The average Bonchev–Trinajstić information content (AvgIpc) is 3.65. The van der Waals surface area contributed by atoms with Crippen molar-refractivity contribution in [3.05, 3.63) is 241 Å². The van der Waals surface area contributed by atoms with Crippen molar-refractivity contribution in [3.63, 3.8) is 0 Å². The highest BCUT2D eigenvalue weighted by Gasteiger charge is 2.46. The third kappa shape index (κ3) is 5.22. The zero-order chi connectivity index (χ0) is 41.5. The van der Waals surface area contributed by atoms with Crippen molar-refractivity contribution in [3.8, 4) is 44.6 Å². The van der Waals surface area contributed by atoms with Gasteiger partial charge >= 0.3 is 0 Å². The molecule has 0 saturated heterocycles. The van der Waals surface area contributed by atoms with E-state index in [0.717, 1.165) is 82.5 Å². The first kappa shape index (κ1) is 35.4. The van der Waals surface area contributed by atoms with Crippen LogP contribution in [0.25, 0.3) is 99.0 Å². The Morgan fingerprint density at radius 2 is 0.952 bits per heavy atom. The van der Waals surface area contributed by atoms with E-state index in [1.165, 1.54) is 38.8 Å². The first-order chi connectivity index (χ1) is 31.3. The minimum absolute atomic E-state index is 0.500. The molecule has 4 aromatic heterocycles. The summed E-state index contributed by atoms with van der Waals surface area (Å²) in [7, 11) is 0. The van der Waals surface area contributed by atoms with E-state index >= 15 is 0 Å². The molecule has 0 saturated carbocycles. The van der Waals surface area contributed by atoms with Gasteiger partial charge in [-0.05, 0) is 104 Å². The molecule has 0 radical (unpaired) electrons. The molecule has 0 unspecified atom stereocenters. The average molecular weight is 801 g/mol. The highest BCUT2D eigenvalue weighted by atomic mass is 14.7. The lowest BCUT2D eigenvalue weighted by Gasteiger charge is -2.34. The maximum absolute atomic E-state index is 5.49. The van der Waals surface area contributed by atoms with E-state index in [9.17, 15) is 0 Å². The van der Waals surface area contributed by atoms with E-state index in [1.54, 1.807) is 0 Å². The molecule has 0 N–H and O–H groups in total. The van der Waals surface area contributed by atoms with Crippen LogP contribution in [0.2, 0.25) is 0 Å². The first-order valence-electron chi connectivity index (χ1n) is 21.4. The molecule has 0 spiro atoms. The third-order valence-corrected chi connectivity index (χ3v) is 13.2. The van der Waals surface area contributed by atoms with Crippen molar-refractivity contribution < 1.29 is 0 Å². The fourth-order valence-electron chi connectivity index (χ4n) is 10.6. The lowest BCUT2D eigenvalue weighted by atomic mass is 9.67. The Hall–Kier alpha value is -8.34. The summed E-state index contributed by atoms with van der Waals surface area (Å²) >= 11 is 0. The van der Waals surface area contributed by atoms with Crippen LogP contribution in [-0.2, 0) is 5.41 Å². The molecule has 0 amide bonds. The van der Waals surface area contributed by atoms with Crippen LogP contribution in [0.3, 0.4) is 0 Å². The molecule has 1 aliphatic rings. The SMILES string of the molecule is c1ccc(C2(c3ccccc3)c3ccccc3-c3cc4c(-c5cccc(-c6ccc(-c7cc8cccnc8c8ncccc78)c7cccnc67)c5)nc5ccccc5c4cc32)cc1. The molecule has 4 heterocycles. The van der Waals surface area contributed by atoms with Crippen molar-refractivity contribution in [2.24, 2.45) is 0 Å². The Morgan fingerprint density at radius 1 is 0.317 bits per heavy atom. The quantitative estimate of drug-likeness (QED) is 0.163. The molecule has 1 aliphatic carbocycles. The zero-order valence-electron chi connectivity index (χ0n) is 34.1. The Labute approximate surface area is 363 Å². The summed E-state index contributed by atoms with van der Waals surface area (Å²) in [5.74, 6) is 0. The Morgan fingerprint density at radius 3 is 1.76 bits per heavy atom. The van der Waals surface area contributed by atoms with Gasteiger partial charge in [-0.25, -0.2) is 4.98 Å². The number of rotatable bonds is 5. The fraction of sp³-hybridized carbons (Fsp3) is 0.0169. The van der Waals surface area contributed by atoms with Gasteiger partial charge in [0.05, 0.1) is 33.2 Å². The van der Waals surface area contributed by atoms with Crippen molar-refractivity contribution in [2.75, 3.05) is 0 Å². The second kappa shape index (κ2) is 13.8. The number of nitrogens with zero attached hydrogens (tertiary/aromatic N) is 4. The summed E-state index contributed by atoms with van der Waals surface area (Å²) in [5.41, 5.74) is 17.2. The summed E-state index contributed by atoms with van der Waals surface area (Å²) in [6.45, 7) is 0. The van der Waals surface area contributed by atoms with Crippen LogP contribution in [0.15, 0.2) is 219 Å². The maximum atomic E-state index is 5.49. The van der Waals surface area contributed by atoms with Gasteiger partial charge in [-0.3, -0.25) is 15.0 Å². The van der Waals surface area contributed by atoms with Crippen LogP contribution < -0.4 is 0 Å². The lowest BCUT2D eigenvalue weighted by molar-refractivity contribution is 0.769. The minimum atomic E-state index is -0.500. The van der Waals surface area contributed by atoms with Crippen LogP contribution in [-0.4, -0.2) is 19.9 Å². The van der Waals surface area contributed by atoms with E-state index in [2.05, 4.69) is 182 Å². The molecule has 0 fully saturated rings. The topological polar surface area (TPSA) is 51.6 Å².